The first kappa shape index (κ1) is 19.1. The van der Waals surface area contributed by atoms with Crippen molar-refractivity contribution in [3.63, 3.8) is 0 Å². The average molecular weight is 372 g/mol. The van der Waals surface area contributed by atoms with Crippen LogP contribution in [0.3, 0.4) is 0 Å². The van der Waals surface area contributed by atoms with Gasteiger partial charge in [0.15, 0.2) is 0 Å². The molecule has 26 heavy (non-hydrogen) atoms. The smallest absolute Gasteiger partial charge is 0.251 e. The first-order valence-corrected chi connectivity index (χ1v) is 10.3. The van der Waals surface area contributed by atoms with Crippen LogP contribution in [-0.2, 0) is 0 Å². The topological polar surface area (TPSA) is 35.6 Å². The molecule has 1 aromatic carbocycles. The fourth-order valence-electron chi connectivity index (χ4n) is 3.63. The molecule has 0 aliphatic carbocycles. The second-order valence-corrected chi connectivity index (χ2v) is 8.04. The van der Waals surface area contributed by atoms with Crippen molar-refractivity contribution >= 4 is 17.2 Å². The van der Waals surface area contributed by atoms with Gasteiger partial charge in [0.05, 0.1) is 6.04 Å². The maximum absolute atomic E-state index is 12.7. The van der Waals surface area contributed by atoms with Crippen molar-refractivity contribution in [3.8, 4) is 0 Å². The highest BCUT2D eigenvalue weighted by molar-refractivity contribution is 7.10. The van der Waals surface area contributed by atoms with E-state index in [-0.39, 0.29) is 18.0 Å². The molecule has 5 heteroatoms. The van der Waals surface area contributed by atoms with Crippen LogP contribution in [0, 0.1) is 6.92 Å². The molecule has 2 atom stereocenters. The zero-order valence-electron chi connectivity index (χ0n) is 15.9. The van der Waals surface area contributed by atoms with Crippen LogP contribution in [0.15, 0.2) is 41.8 Å². The van der Waals surface area contributed by atoms with E-state index in [4.69, 9.17) is 0 Å². The number of thiophene rings is 1. The van der Waals surface area contributed by atoms with Gasteiger partial charge < -0.3 is 10.2 Å². The lowest BCUT2D eigenvalue weighted by molar-refractivity contribution is 0.0753. The molecule has 1 N–H and O–H groups in total. The van der Waals surface area contributed by atoms with E-state index in [9.17, 15) is 4.79 Å². The third-order valence-electron chi connectivity index (χ3n) is 5.23. The molecule has 2 heterocycles. The van der Waals surface area contributed by atoms with Crippen LogP contribution in [0.1, 0.15) is 40.7 Å². The lowest BCUT2D eigenvalue weighted by Crippen LogP contribution is -2.52. The number of rotatable bonds is 6. The van der Waals surface area contributed by atoms with Crippen molar-refractivity contribution in [2.24, 2.45) is 0 Å². The minimum atomic E-state index is 0.00579. The summed E-state index contributed by atoms with van der Waals surface area (Å²) in [6, 6.07) is 12.3. The first-order chi connectivity index (χ1) is 12.6. The van der Waals surface area contributed by atoms with Gasteiger partial charge >= 0.3 is 0 Å². The molecule has 1 saturated heterocycles. The number of carbonyl (C=O) groups is 1. The fourth-order valence-corrected chi connectivity index (χ4v) is 4.60. The number of piperazine rings is 1. The summed E-state index contributed by atoms with van der Waals surface area (Å²) < 4.78 is 0. The number of hydrogen-bond acceptors (Lipinski definition) is 4. The molecule has 0 spiro atoms. The number of likely N-dealkylation sites (N-methyl/N-ethyl adjacent to an activating group) is 1. The number of amides is 1. The minimum absolute atomic E-state index is 0.00579. The normalized spacial score (nSPS) is 18.4. The van der Waals surface area contributed by atoms with Crippen LogP contribution in [0.4, 0.5) is 0 Å². The number of carbonyl (C=O) groups excluding carboxylic acids is 1. The van der Waals surface area contributed by atoms with E-state index in [0.29, 0.717) is 0 Å². The average Bonchev–Trinajstić information content (AvgIpc) is 3.17. The third kappa shape index (κ3) is 4.53. The SMILES string of the molecule is CCN1CCN(C(c2cccs2)C(C)NC(=O)c2ccc(C)cc2)CC1. The zero-order valence-corrected chi connectivity index (χ0v) is 16.8. The molecule has 2 aromatic rings. The Hall–Kier alpha value is -1.69. The standard InChI is InChI=1S/C21H29N3OS/c1-4-23-11-13-24(14-12-23)20(19-6-5-15-26-19)17(3)22-21(25)18-9-7-16(2)8-10-18/h5-10,15,17,20H,4,11-14H2,1-3H3,(H,22,25). The third-order valence-corrected chi connectivity index (χ3v) is 6.17. The maximum Gasteiger partial charge on any atom is 0.251 e. The molecule has 140 valence electrons. The van der Waals surface area contributed by atoms with Crippen molar-refractivity contribution in [3.05, 3.63) is 57.8 Å². The summed E-state index contributed by atoms with van der Waals surface area (Å²) in [5.74, 6) is 0.00579. The Morgan fingerprint density at radius 1 is 1.15 bits per heavy atom. The fraction of sp³-hybridized carbons (Fsp3) is 0.476. The molecular formula is C21H29N3OS. The number of aryl methyl sites for hydroxylation is 1. The molecule has 0 radical (unpaired) electrons. The van der Waals surface area contributed by atoms with Crippen molar-refractivity contribution < 1.29 is 4.79 Å². The first-order valence-electron chi connectivity index (χ1n) is 9.46. The predicted molar refractivity (Wildman–Crippen MR) is 109 cm³/mol. The van der Waals surface area contributed by atoms with Crippen LogP contribution in [0.5, 0.6) is 0 Å². The van der Waals surface area contributed by atoms with Crippen molar-refractivity contribution in [2.75, 3.05) is 32.7 Å². The maximum atomic E-state index is 12.7. The van der Waals surface area contributed by atoms with E-state index in [1.807, 2.05) is 31.2 Å². The molecule has 0 saturated carbocycles. The Morgan fingerprint density at radius 3 is 2.42 bits per heavy atom. The Bertz CT molecular complexity index is 691. The van der Waals surface area contributed by atoms with E-state index in [0.717, 1.165) is 38.3 Å². The molecule has 2 unspecified atom stereocenters. The Morgan fingerprint density at radius 2 is 1.85 bits per heavy atom. The van der Waals surface area contributed by atoms with E-state index < -0.39 is 0 Å². The number of hydrogen-bond donors (Lipinski definition) is 1. The summed E-state index contributed by atoms with van der Waals surface area (Å²) in [5.41, 5.74) is 1.89. The molecule has 1 amide bonds. The van der Waals surface area contributed by atoms with Crippen LogP contribution >= 0.6 is 11.3 Å². The quantitative estimate of drug-likeness (QED) is 0.843. The summed E-state index contributed by atoms with van der Waals surface area (Å²) in [4.78, 5) is 19.0. The number of benzene rings is 1. The molecule has 1 aliphatic heterocycles. The lowest BCUT2D eigenvalue weighted by atomic mass is 10.0. The molecule has 0 bridgehead atoms. The summed E-state index contributed by atoms with van der Waals surface area (Å²) >= 11 is 1.78. The van der Waals surface area contributed by atoms with Gasteiger partial charge in [-0.25, -0.2) is 0 Å². The molecule has 1 aromatic heterocycles. The Labute approximate surface area is 160 Å². The second kappa shape index (κ2) is 8.80. The summed E-state index contributed by atoms with van der Waals surface area (Å²) in [6.07, 6.45) is 0. The molecule has 3 rings (SSSR count). The van der Waals surface area contributed by atoms with Crippen LogP contribution in [0.25, 0.3) is 0 Å². The van der Waals surface area contributed by atoms with E-state index >= 15 is 0 Å². The Kier molecular flexibility index (Phi) is 6.46. The lowest BCUT2D eigenvalue weighted by Gasteiger charge is -2.41. The van der Waals surface area contributed by atoms with Gasteiger partial charge in [-0.2, -0.15) is 0 Å². The van der Waals surface area contributed by atoms with E-state index in [2.05, 4.69) is 46.5 Å². The van der Waals surface area contributed by atoms with E-state index in [1.54, 1.807) is 11.3 Å². The van der Waals surface area contributed by atoms with Gasteiger partial charge in [0.1, 0.15) is 0 Å². The molecular weight excluding hydrogens is 342 g/mol. The van der Waals surface area contributed by atoms with Crippen molar-refractivity contribution in [2.45, 2.75) is 32.9 Å². The molecule has 1 aliphatic rings. The van der Waals surface area contributed by atoms with Gasteiger partial charge in [-0.05, 0) is 44.0 Å². The number of nitrogens with zero attached hydrogens (tertiary/aromatic N) is 2. The Balaban J connectivity index is 1.72. The van der Waals surface area contributed by atoms with Crippen molar-refractivity contribution in [1.82, 2.24) is 15.1 Å². The van der Waals surface area contributed by atoms with Gasteiger partial charge in [-0.1, -0.05) is 30.7 Å². The van der Waals surface area contributed by atoms with Gasteiger partial charge in [0.2, 0.25) is 0 Å². The summed E-state index contributed by atoms with van der Waals surface area (Å²) in [5, 5.41) is 5.36. The van der Waals surface area contributed by atoms with Crippen molar-refractivity contribution in [1.29, 1.82) is 0 Å². The van der Waals surface area contributed by atoms with Gasteiger partial charge in [-0.15, -0.1) is 11.3 Å². The zero-order chi connectivity index (χ0) is 18.5. The van der Waals surface area contributed by atoms with Crippen LogP contribution in [0.2, 0.25) is 0 Å². The highest BCUT2D eigenvalue weighted by atomic mass is 32.1. The van der Waals surface area contributed by atoms with E-state index in [1.165, 1.54) is 10.4 Å². The number of nitrogens with one attached hydrogen (secondary N) is 1. The summed E-state index contributed by atoms with van der Waals surface area (Å²) in [7, 11) is 0. The molecule has 1 fully saturated rings. The summed E-state index contributed by atoms with van der Waals surface area (Å²) in [6.45, 7) is 11.8. The predicted octanol–water partition coefficient (Wildman–Crippen LogP) is 3.55. The minimum Gasteiger partial charge on any atom is -0.348 e. The van der Waals surface area contributed by atoms with Gasteiger partial charge in [0, 0.05) is 42.7 Å². The highest BCUT2D eigenvalue weighted by Crippen LogP contribution is 2.29. The monoisotopic (exact) mass is 371 g/mol. The largest absolute Gasteiger partial charge is 0.348 e. The van der Waals surface area contributed by atoms with Gasteiger partial charge in [0.25, 0.3) is 5.91 Å². The van der Waals surface area contributed by atoms with Crippen LogP contribution < -0.4 is 5.32 Å². The van der Waals surface area contributed by atoms with Crippen LogP contribution in [-0.4, -0.2) is 54.5 Å². The second-order valence-electron chi connectivity index (χ2n) is 7.06. The van der Waals surface area contributed by atoms with Gasteiger partial charge in [-0.3, -0.25) is 9.69 Å². The highest BCUT2D eigenvalue weighted by Gasteiger charge is 2.30. The molecule has 4 nitrogen and oxygen atoms in total.